The molecule has 10 nitrogen and oxygen atoms in total. The van der Waals surface area contributed by atoms with Crippen molar-refractivity contribution in [2.45, 2.75) is 6.92 Å². The Kier molecular flexibility index (Phi) is 7.09. The first kappa shape index (κ1) is 22.5. The summed E-state index contributed by atoms with van der Waals surface area (Å²) in [4.78, 5) is 27.5. The normalized spacial score (nSPS) is 14.3. The van der Waals surface area contributed by atoms with Gasteiger partial charge in [-0.15, -0.1) is 0 Å². The van der Waals surface area contributed by atoms with Crippen LogP contribution in [0.1, 0.15) is 17.3 Å². The number of pyridine rings is 1. The van der Waals surface area contributed by atoms with E-state index in [1.165, 1.54) is 30.3 Å². The monoisotopic (exact) mass is 455 g/mol. The molecule has 0 aliphatic carbocycles. The molecule has 0 bridgehead atoms. The number of ether oxygens (including phenoxy) is 1. The molecule has 1 aromatic heterocycles. The zero-order chi connectivity index (χ0) is 22.5. The molecule has 2 aromatic rings. The molecule has 2 heterocycles. The molecule has 2 amide bonds. The molecule has 31 heavy (non-hydrogen) atoms. The number of thiol groups is 1. The van der Waals surface area contributed by atoms with E-state index in [2.05, 4.69) is 15.6 Å². The lowest BCUT2D eigenvalue weighted by molar-refractivity contribution is -0.114. The minimum Gasteiger partial charge on any atom is -0.379 e. The van der Waals surface area contributed by atoms with Crippen LogP contribution in [-0.2, 0) is 20.4 Å². The number of anilines is 3. The highest BCUT2D eigenvalue weighted by Gasteiger charge is 2.28. The summed E-state index contributed by atoms with van der Waals surface area (Å²) in [5.41, 5.74) is -1.31. The summed E-state index contributed by atoms with van der Waals surface area (Å²) in [6.07, 6.45) is 1.19. The molecular formula is C18H19F2N5O5S. The molecular weight excluding hydrogens is 436 g/mol. The van der Waals surface area contributed by atoms with Gasteiger partial charge in [0.25, 0.3) is 5.91 Å². The Morgan fingerprint density at radius 2 is 1.84 bits per heavy atom. The second kappa shape index (κ2) is 9.76. The third kappa shape index (κ3) is 5.31. The minimum absolute atomic E-state index is 0.114. The van der Waals surface area contributed by atoms with Gasteiger partial charge in [0.1, 0.15) is 22.9 Å². The number of nitrogens with zero attached hydrogens (tertiary/aromatic N) is 3. The van der Waals surface area contributed by atoms with E-state index < -0.39 is 39.7 Å². The number of carbonyl (C=O) groups is 2. The Balaban J connectivity index is 1.88. The van der Waals surface area contributed by atoms with Crippen molar-refractivity contribution in [3.63, 3.8) is 0 Å². The Labute approximate surface area is 177 Å². The van der Waals surface area contributed by atoms with E-state index in [0.29, 0.717) is 4.41 Å². The number of hydrazine groups is 1. The van der Waals surface area contributed by atoms with E-state index in [-0.39, 0.29) is 43.7 Å². The van der Waals surface area contributed by atoms with Crippen LogP contribution in [-0.4, -0.2) is 56.5 Å². The van der Waals surface area contributed by atoms with E-state index >= 15 is 4.39 Å². The van der Waals surface area contributed by atoms with Gasteiger partial charge in [-0.1, -0.05) is 0 Å². The summed E-state index contributed by atoms with van der Waals surface area (Å²) in [7, 11) is -3.31. The molecule has 0 spiro atoms. The van der Waals surface area contributed by atoms with Crippen molar-refractivity contribution in [2.24, 2.45) is 0 Å². The molecule has 1 fully saturated rings. The summed E-state index contributed by atoms with van der Waals surface area (Å²) >= 11 is 0. The molecule has 2 N–H and O–H groups in total. The van der Waals surface area contributed by atoms with Crippen molar-refractivity contribution in [2.75, 3.05) is 41.4 Å². The van der Waals surface area contributed by atoms with Gasteiger partial charge in [-0.2, -0.15) is 4.41 Å². The summed E-state index contributed by atoms with van der Waals surface area (Å²) in [6.45, 7) is 2.11. The minimum atomic E-state index is -3.31. The van der Waals surface area contributed by atoms with Crippen molar-refractivity contribution < 1.29 is 31.5 Å². The predicted molar refractivity (Wildman–Crippen MR) is 108 cm³/mol. The Bertz CT molecular complexity index is 1050. The van der Waals surface area contributed by atoms with Crippen LogP contribution >= 0.6 is 0 Å². The van der Waals surface area contributed by atoms with Crippen LogP contribution in [0.15, 0.2) is 30.5 Å². The number of morpholine rings is 1. The maximum Gasteiger partial charge on any atom is 0.261 e. The maximum atomic E-state index is 15.1. The van der Waals surface area contributed by atoms with Crippen molar-refractivity contribution in [1.82, 2.24) is 9.99 Å². The molecule has 0 unspecified atom stereocenters. The number of hydrogen-bond acceptors (Lipinski definition) is 7. The third-order valence-electron chi connectivity index (χ3n) is 4.25. The summed E-state index contributed by atoms with van der Waals surface area (Å²) in [5.74, 6) is -3.73. The van der Waals surface area contributed by atoms with Gasteiger partial charge in [0.05, 0.1) is 25.1 Å². The number of nitrogens with one attached hydrogen (secondary N) is 2. The average molecular weight is 455 g/mol. The van der Waals surface area contributed by atoms with Gasteiger partial charge in [-0.3, -0.25) is 9.59 Å². The first-order valence-corrected chi connectivity index (χ1v) is 10.2. The zero-order valence-electron chi connectivity index (χ0n) is 16.3. The van der Waals surface area contributed by atoms with Crippen LogP contribution in [0.3, 0.4) is 0 Å². The van der Waals surface area contributed by atoms with Gasteiger partial charge in [0.15, 0.2) is 5.82 Å². The van der Waals surface area contributed by atoms with Gasteiger partial charge in [-0.25, -0.2) is 27.2 Å². The van der Waals surface area contributed by atoms with E-state index in [4.69, 9.17) is 4.74 Å². The average Bonchev–Trinajstić information content (AvgIpc) is 2.71. The lowest BCUT2D eigenvalue weighted by Gasteiger charge is -2.34. The molecule has 0 atom stereocenters. The van der Waals surface area contributed by atoms with Crippen molar-refractivity contribution in [1.29, 1.82) is 0 Å². The predicted octanol–water partition coefficient (Wildman–Crippen LogP) is 1.15. The molecule has 1 aliphatic rings. The number of benzene rings is 1. The van der Waals surface area contributed by atoms with Crippen molar-refractivity contribution >= 4 is 39.9 Å². The molecule has 1 aliphatic heterocycles. The largest absolute Gasteiger partial charge is 0.379 e. The molecule has 3 rings (SSSR count). The SMILES string of the molecule is CC(=O)Nc1ccc(NC(=O)c2c(F)ccc(N(N3CCOCC3)[SH](=O)=O)c2F)cn1. The lowest BCUT2D eigenvalue weighted by atomic mass is 10.1. The van der Waals surface area contributed by atoms with Crippen LogP contribution < -0.4 is 15.0 Å². The second-order valence-electron chi connectivity index (χ2n) is 6.42. The fraction of sp³-hybridized carbons (Fsp3) is 0.278. The standard InChI is InChI=1S/C18H19F2N5O5S/c1-11(26)22-15-5-2-12(10-21-15)23-18(27)16-13(19)3-4-14(17(16)20)25(31(28)29)24-6-8-30-9-7-24/h2-5,10,31H,6-9H2,1H3,(H,23,27)(H,21,22,26). The summed E-state index contributed by atoms with van der Waals surface area (Å²) in [5, 5.41) is 6.07. The zero-order valence-corrected chi connectivity index (χ0v) is 17.2. The van der Waals surface area contributed by atoms with Crippen LogP contribution in [0.4, 0.5) is 26.0 Å². The fourth-order valence-electron chi connectivity index (χ4n) is 2.91. The van der Waals surface area contributed by atoms with Crippen molar-refractivity contribution in [3.8, 4) is 0 Å². The van der Waals surface area contributed by atoms with E-state index in [9.17, 15) is 22.4 Å². The smallest absolute Gasteiger partial charge is 0.261 e. The van der Waals surface area contributed by atoms with Gasteiger partial charge in [0, 0.05) is 20.0 Å². The third-order valence-corrected chi connectivity index (χ3v) is 5.03. The van der Waals surface area contributed by atoms with Crippen LogP contribution in [0, 0.1) is 11.6 Å². The van der Waals surface area contributed by atoms with E-state index in [1.54, 1.807) is 0 Å². The molecule has 166 valence electrons. The number of aromatic nitrogens is 1. The first-order chi connectivity index (χ1) is 14.8. The van der Waals surface area contributed by atoms with Crippen LogP contribution in [0.2, 0.25) is 0 Å². The Hall–Kier alpha value is -3.16. The number of halogens is 2. The molecule has 13 heteroatoms. The molecule has 0 saturated carbocycles. The Morgan fingerprint density at radius 3 is 2.42 bits per heavy atom. The molecule has 1 saturated heterocycles. The second-order valence-corrected chi connectivity index (χ2v) is 7.27. The molecule has 1 aromatic carbocycles. The highest BCUT2D eigenvalue weighted by molar-refractivity contribution is 7.73. The number of hydrogen-bond donors (Lipinski definition) is 3. The fourth-order valence-corrected chi connectivity index (χ4v) is 3.62. The van der Waals surface area contributed by atoms with Crippen LogP contribution in [0.25, 0.3) is 0 Å². The quantitative estimate of drug-likeness (QED) is 0.559. The topological polar surface area (TPSA) is 121 Å². The number of amides is 2. The van der Waals surface area contributed by atoms with Gasteiger partial charge in [0.2, 0.25) is 16.8 Å². The Morgan fingerprint density at radius 1 is 1.13 bits per heavy atom. The van der Waals surface area contributed by atoms with Gasteiger partial charge < -0.3 is 15.4 Å². The summed E-state index contributed by atoms with van der Waals surface area (Å²) in [6, 6.07) is 4.54. The van der Waals surface area contributed by atoms with E-state index in [1.807, 2.05) is 0 Å². The lowest BCUT2D eigenvalue weighted by Crippen LogP contribution is -2.48. The number of carbonyl (C=O) groups excluding carboxylic acids is 2. The van der Waals surface area contributed by atoms with E-state index in [0.717, 1.165) is 12.1 Å². The summed E-state index contributed by atoms with van der Waals surface area (Å²) < 4.78 is 58.9. The first-order valence-electron chi connectivity index (χ1n) is 9.08. The highest BCUT2D eigenvalue weighted by Crippen LogP contribution is 2.27. The van der Waals surface area contributed by atoms with Gasteiger partial charge >= 0.3 is 0 Å². The van der Waals surface area contributed by atoms with Crippen LogP contribution in [0.5, 0.6) is 0 Å². The maximum absolute atomic E-state index is 15.1. The molecule has 0 radical (unpaired) electrons. The number of rotatable bonds is 6. The van der Waals surface area contributed by atoms with Gasteiger partial charge in [-0.05, 0) is 24.3 Å². The highest BCUT2D eigenvalue weighted by atomic mass is 32.2. The van der Waals surface area contributed by atoms with Crippen molar-refractivity contribution in [3.05, 3.63) is 47.7 Å².